The van der Waals surface area contributed by atoms with E-state index < -0.39 is 23.5 Å². The van der Waals surface area contributed by atoms with Gasteiger partial charge in [0, 0.05) is 25.0 Å². The Morgan fingerprint density at radius 2 is 1.74 bits per heavy atom. The van der Waals surface area contributed by atoms with Gasteiger partial charge >= 0.3 is 0 Å². The number of hydrogen-bond acceptors (Lipinski definition) is 7. The lowest BCUT2D eigenvalue weighted by Gasteiger charge is -2.29. The minimum absolute atomic E-state index is 0.178. The molecule has 3 aromatic rings. The third-order valence-electron chi connectivity index (χ3n) is 4.82. The summed E-state index contributed by atoms with van der Waals surface area (Å²) in [6.45, 7) is 3.06. The zero-order valence-corrected chi connectivity index (χ0v) is 19.7. The van der Waals surface area contributed by atoms with E-state index in [1.165, 1.54) is 32.6 Å². The highest BCUT2D eigenvalue weighted by molar-refractivity contribution is 6.32. The lowest BCUT2D eigenvalue weighted by atomic mass is 9.97. The number of aromatic nitrogens is 2. The minimum atomic E-state index is -1.51. The molecular weight excluding hydrogens is 460 g/mol. The van der Waals surface area contributed by atoms with Gasteiger partial charge in [0.1, 0.15) is 29.6 Å². The van der Waals surface area contributed by atoms with Crippen molar-refractivity contribution in [1.82, 2.24) is 20.6 Å². The zero-order valence-electron chi connectivity index (χ0n) is 18.9. The molecule has 1 unspecified atom stereocenters. The van der Waals surface area contributed by atoms with Gasteiger partial charge < -0.3 is 25.2 Å². The second kappa shape index (κ2) is 11.0. The van der Waals surface area contributed by atoms with Crippen LogP contribution < -0.4 is 20.1 Å². The SMILES string of the molecule is COc1ccc(Oc2ccc(CNC(=O)C(NC(=O)c3cncnc3)C(C)(C)O)cc2)c(Cl)c1. The smallest absolute Gasteiger partial charge is 0.255 e. The molecule has 0 aliphatic carbocycles. The Morgan fingerprint density at radius 3 is 2.32 bits per heavy atom. The molecule has 3 rings (SSSR count). The lowest BCUT2D eigenvalue weighted by molar-refractivity contribution is -0.128. The summed E-state index contributed by atoms with van der Waals surface area (Å²) in [6.07, 6.45) is 3.94. The molecule has 0 aliphatic rings. The van der Waals surface area contributed by atoms with Crippen LogP contribution in [-0.4, -0.2) is 45.6 Å². The van der Waals surface area contributed by atoms with Crippen LogP contribution >= 0.6 is 11.6 Å². The number of rotatable bonds is 9. The number of amides is 2. The van der Waals surface area contributed by atoms with Crippen LogP contribution in [0.3, 0.4) is 0 Å². The molecular formula is C24H25ClN4O5. The molecule has 0 radical (unpaired) electrons. The van der Waals surface area contributed by atoms with Crippen LogP contribution in [0.25, 0.3) is 0 Å². The van der Waals surface area contributed by atoms with Gasteiger partial charge in [0.15, 0.2) is 0 Å². The Balaban J connectivity index is 1.60. The molecule has 9 nitrogen and oxygen atoms in total. The maximum Gasteiger partial charge on any atom is 0.255 e. The first-order chi connectivity index (χ1) is 16.2. The topological polar surface area (TPSA) is 123 Å². The highest BCUT2D eigenvalue weighted by atomic mass is 35.5. The summed E-state index contributed by atoms with van der Waals surface area (Å²) >= 11 is 6.21. The van der Waals surface area contributed by atoms with Crippen molar-refractivity contribution in [3.8, 4) is 17.2 Å². The van der Waals surface area contributed by atoms with Crippen LogP contribution in [-0.2, 0) is 11.3 Å². The van der Waals surface area contributed by atoms with Crippen molar-refractivity contribution in [3.63, 3.8) is 0 Å². The van der Waals surface area contributed by atoms with Gasteiger partial charge in [0.25, 0.3) is 5.91 Å². The van der Waals surface area contributed by atoms with E-state index in [0.29, 0.717) is 22.3 Å². The van der Waals surface area contributed by atoms with E-state index in [2.05, 4.69) is 20.6 Å². The number of benzene rings is 2. The molecule has 178 valence electrons. The number of carbonyl (C=O) groups excluding carboxylic acids is 2. The fraction of sp³-hybridized carbons (Fsp3) is 0.250. The summed E-state index contributed by atoms with van der Waals surface area (Å²) in [5.74, 6) is 0.565. The molecule has 2 amide bonds. The predicted molar refractivity (Wildman–Crippen MR) is 126 cm³/mol. The lowest BCUT2D eigenvalue weighted by Crippen LogP contribution is -2.57. The number of hydrogen-bond donors (Lipinski definition) is 3. The van der Waals surface area contributed by atoms with Crippen molar-refractivity contribution < 1.29 is 24.2 Å². The van der Waals surface area contributed by atoms with Crippen molar-refractivity contribution in [1.29, 1.82) is 0 Å². The van der Waals surface area contributed by atoms with E-state index in [1.54, 1.807) is 49.6 Å². The summed E-state index contributed by atoms with van der Waals surface area (Å²) in [7, 11) is 1.56. The molecule has 0 saturated carbocycles. The third kappa shape index (κ3) is 6.66. The molecule has 0 saturated heterocycles. The molecule has 0 aliphatic heterocycles. The third-order valence-corrected chi connectivity index (χ3v) is 5.12. The number of aliphatic hydroxyl groups is 1. The van der Waals surface area contributed by atoms with Gasteiger partial charge in [-0.1, -0.05) is 23.7 Å². The number of carbonyl (C=O) groups is 2. The molecule has 1 atom stereocenters. The monoisotopic (exact) mass is 484 g/mol. The molecule has 0 bridgehead atoms. The minimum Gasteiger partial charge on any atom is -0.497 e. The van der Waals surface area contributed by atoms with Gasteiger partial charge in [-0.2, -0.15) is 0 Å². The van der Waals surface area contributed by atoms with Gasteiger partial charge in [-0.15, -0.1) is 0 Å². The average molecular weight is 485 g/mol. The molecule has 3 N–H and O–H groups in total. The molecule has 0 fully saturated rings. The molecule has 10 heteroatoms. The first-order valence-electron chi connectivity index (χ1n) is 10.3. The van der Waals surface area contributed by atoms with Crippen LogP contribution in [0, 0.1) is 0 Å². The van der Waals surface area contributed by atoms with Crippen LogP contribution in [0.15, 0.2) is 61.2 Å². The highest BCUT2D eigenvalue weighted by Gasteiger charge is 2.35. The van der Waals surface area contributed by atoms with Gasteiger partial charge in [0.2, 0.25) is 5.91 Å². The van der Waals surface area contributed by atoms with Crippen molar-refractivity contribution in [2.75, 3.05) is 7.11 Å². The first-order valence-corrected chi connectivity index (χ1v) is 10.7. The summed E-state index contributed by atoms with van der Waals surface area (Å²) in [5, 5.41) is 16.1. The maximum atomic E-state index is 12.8. The highest BCUT2D eigenvalue weighted by Crippen LogP contribution is 2.32. The second-order valence-electron chi connectivity index (χ2n) is 7.95. The largest absolute Gasteiger partial charge is 0.497 e. The van der Waals surface area contributed by atoms with Crippen LogP contribution in [0.2, 0.25) is 5.02 Å². The predicted octanol–water partition coefficient (Wildman–Crippen LogP) is 3.12. The van der Waals surface area contributed by atoms with E-state index >= 15 is 0 Å². The van der Waals surface area contributed by atoms with Gasteiger partial charge in [-0.3, -0.25) is 9.59 Å². The van der Waals surface area contributed by atoms with Crippen LogP contribution in [0.5, 0.6) is 17.2 Å². The second-order valence-corrected chi connectivity index (χ2v) is 8.35. The average Bonchev–Trinajstić information content (AvgIpc) is 2.82. The number of halogens is 1. The first kappa shape index (κ1) is 24.9. The number of methoxy groups -OCH3 is 1. The Morgan fingerprint density at radius 1 is 1.09 bits per heavy atom. The number of nitrogens with zero attached hydrogens (tertiary/aromatic N) is 2. The van der Waals surface area contributed by atoms with E-state index in [0.717, 1.165) is 5.56 Å². The van der Waals surface area contributed by atoms with Gasteiger partial charge in [-0.25, -0.2) is 9.97 Å². The Labute approximate surface area is 202 Å². The van der Waals surface area contributed by atoms with E-state index in [1.807, 2.05) is 0 Å². The normalized spacial score (nSPS) is 11.9. The number of nitrogens with one attached hydrogen (secondary N) is 2. The van der Waals surface area contributed by atoms with Crippen molar-refractivity contribution in [3.05, 3.63) is 77.3 Å². The molecule has 1 heterocycles. The number of ether oxygens (including phenoxy) is 2. The van der Waals surface area contributed by atoms with Crippen molar-refractivity contribution >= 4 is 23.4 Å². The van der Waals surface area contributed by atoms with E-state index in [9.17, 15) is 14.7 Å². The quantitative estimate of drug-likeness (QED) is 0.426. The van der Waals surface area contributed by atoms with Crippen LogP contribution in [0.4, 0.5) is 0 Å². The summed E-state index contributed by atoms with van der Waals surface area (Å²) in [4.78, 5) is 32.7. The summed E-state index contributed by atoms with van der Waals surface area (Å²) < 4.78 is 10.9. The van der Waals surface area contributed by atoms with E-state index in [-0.39, 0.29) is 12.1 Å². The zero-order chi connectivity index (χ0) is 24.7. The standard InChI is InChI=1S/C24H25ClN4O5/c1-24(2,32)21(29-22(30)16-12-26-14-27-13-16)23(31)28-11-15-4-6-17(7-5-15)34-20-9-8-18(33-3)10-19(20)25/h4-10,12-14,21,32H,11H2,1-3H3,(H,28,31)(H,29,30). The molecule has 2 aromatic carbocycles. The van der Waals surface area contributed by atoms with E-state index in [4.69, 9.17) is 21.1 Å². The Bertz CT molecular complexity index is 1130. The molecule has 34 heavy (non-hydrogen) atoms. The van der Waals surface area contributed by atoms with Crippen molar-refractivity contribution in [2.45, 2.75) is 32.0 Å². The Kier molecular flexibility index (Phi) is 8.04. The van der Waals surface area contributed by atoms with Gasteiger partial charge in [-0.05, 0) is 43.7 Å². The molecule has 0 spiro atoms. The summed E-state index contributed by atoms with van der Waals surface area (Å²) in [5.41, 5.74) is -0.541. The van der Waals surface area contributed by atoms with Crippen molar-refractivity contribution in [2.24, 2.45) is 0 Å². The molecule has 1 aromatic heterocycles. The fourth-order valence-electron chi connectivity index (χ4n) is 2.98. The van der Waals surface area contributed by atoms with Gasteiger partial charge in [0.05, 0.1) is 23.3 Å². The maximum absolute atomic E-state index is 12.8. The Hall–Kier alpha value is -3.69. The fourth-order valence-corrected chi connectivity index (χ4v) is 3.19. The van der Waals surface area contributed by atoms with Crippen LogP contribution in [0.1, 0.15) is 29.8 Å². The summed E-state index contributed by atoms with van der Waals surface area (Å²) in [6, 6.07) is 11.0.